The monoisotopic (exact) mass is 290 g/mol. The van der Waals surface area contributed by atoms with E-state index in [2.05, 4.69) is 13.0 Å². The van der Waals surface area contributed by atoms with Gasteiger partial charge >= 0.3 is 0 Å². The molecule has 0 unspecified atom stereocenters. The summed E-state index contributed by atoms with van der Waals surface area (Å²) in [5.74, 6) is 0.493. The lowest BCUT2D eigenvalue weighted by Crippen LogP contribution is -1.93. The van der Waals surface area contributed by atoms with Crippen LogP contribution in [0.1, 0.15) is 12.5 Å². The highest BCUT2D eigenvalue weighted by Crippen LogP contribution is 2.41. The smallest absolute Gasteiger partial charge is 0.123 e. The molecule has 3 aromatic rings. The van der Waals surface area contributed by atoms with Crippen LogP contribution in [0.25, 0.3) is 22.3 Å². The average molecular weight is 290 g/mol. The van der Waals surface area contributed by atoms with Gasteiger partial charge in [-0.15, -0.1) is 0 Å². The molecule has 0 aliphatic rings. The lowest BCUT2D eigenvalue weighted by molar-refractivity contribution is 0.476. The fourth-order valence-corrected chi connectivity index (χ4v) is 2.82. The molecule has 110 valence electrons. The maximum Gasteiger partial charge on any atom is 0.123 e. The van der Waals surface area contributed by atoms with Crippen LogP contribution in [-0.2, 0) is 6.42 Å². The van der Waals surface area contributed by atoms with Crippen LogP contribution in [0.4, 0.5) is 0 Å². The fourth-order valence-electron chi connectivity index (χ4n) is 2.82. The number of benzene rings is 3. The van der Waals surface area contributed by atoms with E-state index in [1.165, 1.54) is 0 Å². The van der Waals surface area contributed by atoms with Crippen LogP contribution in [-0.4, -0.2) is 10.2 Å². The van der Waals surface area contributed by atoms with Gasteiger partial charge < -0.3 is 10.2 Å². The van der Waals surface area contributed by atoms with E-state index in [0.29, 0.717) is 0 Å². The molecule has 0 aromatic heterocycles. The summed E-state index contributed by atoms with van der Waals surface area (Å²) in [6, 6.07) is 20.7. The second kappa shape index (κ2) is 5.94. The number of hydrogen-bond donors (Lipinski definition) is 2. The van der Waals surface area contributed by atoms with Gasteiger partial charge in [0, 0.05) is 11.1 Å². The number of para-hydroxylation sites is 2. The predicted molar refractivity (Wildman–Crippen MR) is 90.0 cm³/mol. The molecule has 3 rings (SSSR count). The lowest BCUT2D eigenvalue weighted by atomic mass is 9.89. The van der Waals surface area contributed by atoms with Crippen molar-refractivity contribution in [3.8, 4) is 33.8 Å². The van der Waals surface area contributed by atoms with E-state index in [0.717, 1.165) is 34.2 Å². The maximum atomic E-state index is 10.3. The molecular weight excluding hydrogens is 272 g/mol. The summed E-state index contributed by atoms with van der Waals surface area (Å²) >= 11 is 0. The van der Waals surface area contributed by atoms with Gasteiger partial charge in [-0.25, -0.2) is 0 Å². The molecule has 0 bridgehead atoms. The number of phenols is 2. The number of phenolic OH excluding ortho intramolecular Hbond substituents is 2. The highest BCUT2D eigenvalue weighted by Gasteiger charge is 2.15. The van der Waals surface area contributed by atoms with E-state index in [1.54, 1.807) is 12.1 Å². The third kappa shape index (κ3) is 2.44. The third-order valence-corrected chi connectivity index (χ3v) is 3.90. The minimum atomic E-state index is 0.243. The highest BCUT2D eigenvalue weighted by atomic mass is 16.3. The zero-order valence-electron chi connectivity index (χ0n) is 12.5. The Kier molecular flexibility index (Phi) is 3.84. The third-order valence-electron chi connectivity index (χ3n) is 3.90. The maximum absolute atomic E-state index is 10.3. The first-order valence-electron chi connectivity index (χ1n) is 7.41. The standard InChI is InChI=1S/C20H18O2/c1-2-14-8-7-11-16(15-9-3-5-12-18(15)21)20(14)17-10-4-6-13-19(17)22/h3-13,21-22H,2H2,1H3. The first kappa shape index (κ1) is 14.2. The Bertz CT molecular complexity index is 806. The predicted octanol–water partition coefficient (Wildman–Crippen LogP) is 4.99. The van der Waals surface area contributed by atoms with Gasteiger partial charge in [-0.3, -0.25) is 0 Å². The number of aryl methyl sites for hydroxylation is 1. The van der Waals surface area contributed by atoms with E-state index >= 15 is 0 Å². The molecule has 3 aromatic carbocycles. The van der Waals surface area contributed by atoms with Crippen LogP contribution >= 0.6 is 0 Å². The van der Waals surface area contributed by atoms with Crippen LogP contribution in [0.2, 0.25) is 0 Å². The van der Waals surface area contributed by atoms with E-state index in [-0.39, 0.29) is 11.5 Å². The largest absolute Gasteiger partial charge is 0.507 e. The minimum absolute atomic E-state index is 0.243. The van der Waals surface area contributed by atoms with Gasteiger partial charge in [-0.05, 0) is 35.2 Å². The highest BCUT2D eigenvalue weighted by molar-refractivity contribution is 5.89. The quantitative estimate of drug-likeness (QED) is 0.713. The summed E-state index contributed by atoms with van der Waals surface area (Å²) in [5.41, 5.74) is 4.61. The zero-order chi connectivity index (χ0) is 15.5. The molecule has 2 heteroatoms. The lowest BCUT2D eigenvalue weighted by Gasteiger charge is -2.16. The first-order chi connectivity index (χ1) is 10.7. The molecular formula is C20H18O2. The molecule has 0 saturated carbocycles. The zero-order valence-corrected chi connectivity index (χ0v) is 12.5. The Morgan fingerprint density at radius 1 is 0.636 bits per heavy atom. The van der Waals surface area contributed by atoms with Gasteiger partial charge in [0.05, 0.1) is 0 Å². The van der Waals surface area contributed by atoms with E-state index < -0.39 is 0 Å². The number of rotatable bonds is 3. The molecule has 2 N–H and O–H groups in total. The fraction of sp³-hybridized carbons (Fsp3) is 0.100. The van der Waals surface area contributed by atoms with Crippen molar-refractivity contribution in [1.82, 2.24) is 0 Å². The van der Waals surface area contributed by atoms with Crippen molar-refractivity contribution >= 4 is 0 Å². The average Bonchev–Trinajstić information content (AvgIpc) is 2.55. The Morgan fingerprint density at radius 3 is 1.77 bits per heavy atom. The minimum Gasteiger partial charge on any atom is -0.507 e. The topological polar surface area (TPSA) is 40.5 Å². The normalized spacial score (nSPS) is 10.6. The second-order valence-corrected chi connectivity index (χ2v) is 5.23. The summed E-state index contributed by atoms with van der Waals surface area (Å²) in [7, 11) is 0. The second-order valence-electron chi connectivity index (χ2n) is 5.23. The molecule has 0 aliphatic carbocycles. The first-order valence-corrected chi connectivity index (χ1v) is 7.41. The molecule has 2 nitrogen and oxygen atoms in total. The molecule has 0 saturated heterocycles. The van der Waals surface area contributed by atoms with Crippen LogP contribution < -0.4 is 0 Å². The van der Waals surface area contributed by atoms with Crippen molar-refractivity contribution in [3.05, 3.63) is 72.3 Å². The summed E-state index contributed by atoms with van der Waals surface area (Å²) in [6.07, 6.45) is 0.852. The van der Waals surface area contributed by atoms with Crippen molar-refractivity contribution in [2.75, 3.05) is 0 Å². The molecule has 0 atom stereocenters. The summed E-state index contributed by atoms with van der Waals surface area (Å²) in [4.78, 5) is 0. The SMILES string of the molecule is CCc1cccc(-c2ccccc2O)c1-c1ccccc1O. The summed E-state index contributed by atoms with van der Waals surface area (Å²) in [6.45, 7) is 2.09. The Hall–Kier alpha value is -2.74. The Labute approximate surface area is 130 Å². The number of hydrogen-bond acceptors (Lipinski definition) is 2. The molecule has 0 spiro atoms. The van der Waals surface area contributed by atoms with Crippen LogP contribution in [0, 0.1) is 0 Å². The molecule has 0 fully saturated rings. The van der Waals surface area contributed by atoms with Gasteiger partial charge in [-0.1, -0.05) is 61.5 Å². The molecule has 0 heterocycles. The van der Waals surface area contributed by atoms with Gasteiger partial charge in [-0.2, -0.15) is 0 Å². The van der Waals surface area contributed by atoms with Crippen LogP contribution in [0.5, 0.6) is 11.5 Å². The molecule has 22 heavy (non-hydrogen) atoms. The van der Waals surface area contributed by atoms with E-state index in [4.69, 9.17) is 0 Å². The molecule has 0 aliphatic heterocycles. The van der Waals surface area contributed by atoms with Gasteiger partial charge in [0.25, 0.3) is 0 Å². The summed E-state index contributed by atoms with van der Waals surface area (Å²) < 4.78 is 0. The van der Waals surface area contributed by atoms with Crippen molar-refractivity contribution in [2.24, 2.45) is 0 Å². The molecule has 0 radical (unpaired) electrons. The van der Waals surface area contributed by atoms with Crippen molar-refractivity contribution in [2.45, 2.75) is 13.3 Å². The van der Waals surface area contributed by atoms with Gasteiger partial charge in [0.15, 0.2) is 0 Å². The Morgan fingerprint density at radius 2 is 1.18 bits per heavy atom. The summed E-state index contributed by atoms with van der Waals surface area (Å²) in [5, 5.41) is 20.5. The van der Waals surface area contributed by atoms with Crippen molar-refractivity contribution in [1.29, 1.82) is 0 Å². The number of aromatic hydroxyl groups is 2. The Balaban J connectivity index is 2.34. The van der Waals surface area contributed by atoms with Crippen LogP contribution in [0.15, 0.2) is 66.7 Å². The molecule has 0 amide bonds. The van der Waals surface area contributed by atoms with Crippen LogP contribution in [0.3, 0.4) is 0 Å². The van der Waals surface area contributed by atoms with Crippen molar-refractivity contribution < 1.29 is 10.2 Å². The van der Waals surface area contributed by atoms with Gasteiger partial charge in [0.2, 0.25) is 0 Å². The van der Waals surface area contributed by atoms with E-state index in [1.807, 2.05) is 48.5 Å². The van der Waals surface area contributed by atoms with Gasteiger partial charge in [0.1, 0.15) is 11.5 Å². The van der Waals surface area contributed by atoms with Crippen molar-refractivity contribution in [3.63, 3.8) is 0 Å². The van der Waals surface area contributed by atoms with E-state index in [9.17, 15) is 10.2 Å².